The monoisotopic (exact) mass is 495 g/mol. The molecule has 3 heterocycles. The second kappa shape index (κ2) is 10.2. The Balaban J connectivity index is 1.78. The van der Waals surface area contributed by atoms with Crippen LogP contribution < -0.4 is 4.57 Å². The van der Waals surface area contributed by atoms with E-state index in [1.165, 1.54) is 29.2 Å². The number of rotatable bonds is 8. The van der Waals surface area contributed by atoms with E-state index in [-0.39, 0.29) is 30.0 Å². The first kappa shape index (κ1) is 24.9. The van der Waals surface area contributed by atoms with Gasteiger partial charge in [0.05, 0.1) is 24.8 Å². The summed E-state index contributed by atoms with van der Waals surface area (Å²) in [4.78, 5) is 46.0. The number of ketones is 1. The topological polar surface area (TPSA) is 119 Å². The molecule has 188 valence electrons. The minimum atomic E-state index is -0.915. The van der Waals surface area contributed by atoms with Gasteiger partial charge in [-0.2, -0.15) is 0 Å². The largest absolute Gasteiger partial charge is 0.507 e. The Labute approximate surface area is 207 Å². The number of hydrogen-bond donors (Lipinski definition) is 3. The maximum absolute atomic E-state index is 13.7. The molecule has 1 aliphatic rings. The molecule has 0 saturated carbocycles. The number of nitrogens with one attached hydrogen (secondary N) is 2. The van der Waals surface area contributed by atoms with Crippen LogP contribution in [0.3, 0.4) is 0 Å². The summed E-state index contributed by atoms with van der Waals surface area (Å²) in [6, 6.07) is 4.57. The molecule has 0 aliphatic carbocycles. The summed E-state index contributed by atoms with van der Waals surface area (Å²) in [5, 5.41) is 11.4. The van der Waals surface area contributed by atoms with E-state index < -0.39 is 35.3 Å². The Morgan fingerprint density at radius 3 is 2.58 bits per heavy atom. The normalized spacial score (nSPS) is 17.1. The molecule has 1 aliphatic heterocycles. The summed E-state index contributed by atoms with van der Waals surface area (Å²) in [7, 11) is 0. The molecular formula is C26H28FN4O5+. The van der Waals surface area contributed by atoms with Crippen molar-refractivity contribution in [2.75, 3.05) is 13.2 Å². The fourth-order valence-corrected chi connectivity index (χ4v) is 4.63. The summed E-state index contributed by atoms with van der Waals surface area (Å²) in [6.07, 6.45) is 5.95. The molecule has 2 aromatic heterocycles. The Hall–Kier alpha value is -4.21. The van der Waals surface area contributed by atoms with E-state index in [0.29, 0.717) is 29.8 Å². The molecule has 1 atom stereocenters. The number of aromatic amines is 2. The van der Waals surface area contributed by atoms with Gasteiger partial charge in [0, 0.05) is 24.2 Å². The van der Waals surface area contributed by atoms with Crippen molar-refractivity contribution in [2.45, 2.75) is 39.8 Å². The van der Waals surface area contributed by atoms with Gasteiger partial charge in [-0.1, -0.05) is 12.1 Å². The molecule has 3 aromatic rings. The van der Waals surface area contributed by atoms with Crippen LogP contribution in [0.5, 0.6) is 0 Å². The third kappa shape index (κ3) is 4.53. The lowest BCUT2D eigenvalue weighted by atomic mass is 9.94. The maximum Gasteiger partial charge on any atom is 0.355 e. The predicted octanol–water partition coefficient (Wildman–Crippen LogP) is 3.07. The molecule has 9 nitrogen and oxygen atoms in total. The van der Waals surface area contributed by atoms with Crippen LogP contribution in [0.1, 0.15) is 52.3 Å². The van der Waals surface area contributed by atoms with Crippen molar-refractivity contribution >= 4 is 23.4 Å². The third-order valence-corrected chi connectivity index (χ3v) is 6.30. The Morgan fingerprint density at radius 1 is 1.22 bits per heavy atom. The minimum Gasteiger partial charge on any atom is -0.507 e. The third-order valence-electron chi connectivity index (χ3n) is 6.30. The van der Waals surface area contributed by atoms with Gasteiger partial charge < -0.3 is 19.7 Å². The van der Waals surface area contributed by atoms with Gasteiger partial charge in [-0.25, -0.2) is 13.8 Å². The summed E-state index contributed by atoms with van der Waals surface area (Å²) in [5.74, 6) is -3.03. The first-order valence-electron chi connectivity index (χ1n) is 11.7. The van der Waals surface area contributed by atoms with Gasteiger partial charge in [0.2, 0.25) is 6.33 Å². The number of aliphatic hydroxyl groups is 1. The van der Waals surface area contributed by atoms with Gasteiger partial charge in [0.15, 0.2) is 0 Å². The molecule has 4 rings (SSSR count). The summed E-state index contributed by atoms with van der Waals surface area (Å²) >= 11 is 0. The number of nitrogens with zero attached hydrogens (tertiary/aromatic N) is 2. The van der Waals surface area contributed by atoms with Crippen LogP contribution in [0.25, 0.3) is 5.76 Å². The van der Waals surface area contributed by atoms with Gasteiger partial charge in [0.1, 0.15) is 29.7 Å². The number of H-pyrrole nitrogens is 2. The zero-order chi connectivity index (χ0) is 26.0. The number of ether oxygens (including phenoxy) is 1. The summed E-state index contributed by atoms with van der Waals surface area (Å²) in [5.41, 5.74) is 1.64. The van der Waals surface area contributed by atoms with Crippen LogP contribution in [0.15, 0.2) is 48.6 Å². The van der Waals surface area contributed by atoms with Gasteiger partial charge in [-0.3, -0.25) is 14.6 Å². The summed E-state index contributed by atoms with van der Waals surface area (Å²) in [6.45, 7) is 5.98. The molecule has 3 N–H and O–H groups in total. The Morgan fingerprint density at radius 2 is 1.94 bits per heavy atom. The van der Waals surface area contributed by atoms with Crippen LogP contribution in [0.2, 0.25) is 0 Å². The quantitative estimate of drug-likeness (QED) is 0.146. The van der Waals surface area contributed by atoms with Crippen molar-refractivity contribution in [3.05, 3.63) is 82.5 Å². The number of aromatic nitrogens is 3. The number of Topliss-reactive ketones (excluding diaryl/α,β-unsaturated/α-hetero) is 1. The molecule has 1 unspecified atom stereocenters. The van der Waals surface area contributed by atoms with Crippen molar-refractivity contribution in [3.8, 4) is 0 Å². The zero-order valence-electron chi connectivity index (χ0n) is 20.3. The van der Waals surface area contributed by atoms with E-state index in [1.54, 1.807) is 33.3 Å². The number of aliphatic hydroxyl groups excluding tert-OH is 1. The number of amides is 1. The molecular weight excluding hydrogens is 467 g/mol. The number of imidazole rings is 1. The number of likely N-dealkylation sites (tertiary alicyclic amines) is 1. The van der Waals surface area contributed by atoms with Crippen molar-refractivity contribution in [1.29, 1.82) is 0 Å². The number of aryl methyl sites for hydroxylation is 2. The van der Waals surface area contributed by atoms with Gasteiger partial charge in [-0.15, -0.1) is 0 Å². The highest BCUT2D eigenvalue weighted by atomic mass is 19.1. The molecule has 1 fully saturated rings. The Kier molecular flexibility index (Phi) is 7.05. The van der Waals surface area contributed by atoms with E-state index in [1.807, 2.05) is 10.8 Å². The number of benzene rings is 1. The maximum atomic E-state index is 13.7. The second-order valence-corrected chi connectivity index (χ2v) is 8.59. The lowest BCUT2D eigenvalue weighted by molar-refractivity contribution is -0.695. The molecule has 1 saturated heterocycles. The van der Waals surface area contributed by atoms with Gasteiger partial charge in [0.25, 0.3) is 11.7 Å². The van der Waals surface area contributed by atoms with Gasteiger partial charge in [-0.05, 0) is 44.0 Å². The second-order valence-electron chi connectivity index (χ2n) is 8.59. The predicted molar refractivity (Wildman–Crippen MR) is 127 cm³/mol. The lowest BCUT2D eigenvalue weighted by Gasteiger charge is -2.25. The van der Waals surface area contributed by atoms with E-state index in [4.69, 9.17) is 4.74 Å². The first-order chi connectivity index (χ1) is 17.2. The Bertz CT molecular complexity index is 1330. The minimum absolute atomic E-state index is 0.110. The molecule has 36 heavy (non-hydrogen) atoms. The first-order valence-corrected chi connectivity index (χ1v) is 11.7. The number of esters is 1. The van der Waals surface area contributed by atoms with Crippen LogP contribution >= 0.6 is 0 Å². The highest BCUT2D eigenvalue weighted by Crippen LogP contribution is 2.41. The van der Waals surface area contributed by atoms with Crippen molar-refractivity contribution in [3.63, 3.8) is 0 Å². The van der Waals surface area contributed by atoms with Crippen LogP contribution in [-0.4, -0.2) is 50.8 Å². The molecule has 1 amide bonds. The molecule has 0 radical (unpaired) electrons. The van der Waals surface area contributed by atoms with Crippen molar-refractivity contribution in [1.82, 2.24) is 14.9 Å². The highest BCUT2D eigenvalue weighted by molar-refractivity contribution is 6.46. The molecule has 1 aromatic carbocycles. The van der Waals surface area contributed by atoms with Crippen molar-refractivity contribution < 1.29 is 33.2 Å². The highest BCUT2D eigenvalue weighted by Gasteiger charge is 2.46. The molecule has 0 bridgehead atoms. The van der Waals surface area contributed by atoms with Crippen molar-refractivity contribution in [2.24, 2.45) is 0 Å². The number of carbonyl (C=O) groups excluding carboxylic acids is 3. The number of halogens is 1. The average molecular weight is 496 g/mol. The van der Waals surface area contributed by atoms with E-state index in [0.717, 1.165) is 0 Å². The average Bonchev–Trinajstić information content (AvgIpc) is 3.53. The summed E-state index contributed by atoms with van der Waals surface area (Å²) < 4.78 is 20.7. The fraction of sp³-hybridized carbons (Fsp3) is 0.308. The van der Waals surface area contributed by atoms with Gasteiger partial charge >= 0.3 is 5.97 Å². The number of carbonyl (C=O) groups is 3. The van der Waals surface area contributed by atoms with E-state index in [9.17, 15) is 23.9 Å². The van der Waals surface area contributed by atoms with E-state index in [2.05, 4.69) is 9.97 Å². The molecule has 10 heteroatoms. The standard InChI is InChI=1S/C26H27FN4O5/c1-4-36-26(35)21-15(2)19(16(3)29-21)23(32)20-22(17-6-8-18(27)9-7-17)31(25(34)24(20)33)12-5-11-30-13-10-28-14-30/h6-10,13-14,22H,4-5,11-12H2,1-3H3,(H2,29,32,33,35)/p+1. The van der Waals surface area contributed by atoms with E-state index >= 15 is 0 Å². The molecule has 0 spiro atoms. The zero-order valence-corrected chi connectivity index (χ0v) is 20.3. The van der Waals surface area contributed by atoms with Crippen LogP contribution in [0, 0.1) is 19.7 Å². The SMILES string of the molecule is CCOC(=O)c1[nH]c(C)c(C(O)=C2C(=O)C(=O)N(CCC[n+]3cc[nH]c3)C2c2ccc(F)cc2)c1C. The fourth-order valence-electron chi connectivity index (χ4n) is 4.63. The lowest BCUT2D eigenvalue weighted by Crippen LogP contribution is -2.36. The van der Waals surface area contributed by atoms with Crippen LogP contribution in [-0.2, 0) is 20.9 Å². The number of hydrogen-bond acceptors (Lipinski definition) is 5. The smallest absolute Gasteiger partial charge is 0.355 e. The van der Waals surface area contributed by atoms with Crippen LogP contribution in [0.4, 0.5) is 4.39 Å².